The van der Waals surface area contributed by atoms with Crippen molar-refractivity contribution in [2.24, 2.45) is 5.92 Å². The molecule has 2 aromatic carbocycles. The van der Waals surface area contributed by atoms with Crippen LogP contribution in [0.15, 0.2) is 48.5 Å². The van der Waals surface area contributed by atoms with E-state index in [9.17, 15) is 19.5 Å². The smallest absolute Gasteiger partial charge is 0.410 e. The Labute approximate surface area is 248 Å². The van der Waals surface area contributed by atoms with Gasteiger partial charge in [-0.25, -0.2) is 14.4 Å². The summed E-state index contributed by atoms with van der Waals surface area (Å²) in [6, 6.07) is 16.7. The van der Waals surface area contributed by atoms with Crippen molar-refractivity contribution < 1.29 is 29.0 Å². The maximum absolute atomic E-state index is 14.0. The summed E-state index contributed by atoms with van der Waals surface area (Å²) in [7, 11) is 4.07. The van der Waals surface area contributed by atoms with Crippen molar-refractivity contribution in [3.63, 3.8) is 0 Å². The van der Waals surface area contributed by atoms with Crippen molar-refractivity contribution in [2.45, 2.75) is 69.6 Å². The van der Waals surface area contributed by atoms with Gasteiger partial charge in [0.05, 0.1) is 0 Å². The number of hydrogen-bond acceptors (Lipinski definition) is 6. The molecule has 0 aromatic heterocycles. The Morgan fingerprint density at radius 1 is 0.952 bits per heavy atom. The number of fused-ring (bicyclic) bond motifs is 3. The fourth-order valence-electron chi connectivity index (χ4n) is 6.61. The first-order valence-electron chi connectivity index (χ1n) is 14.9. The molecule has 2 fully saturated rings. The van der Waals surface area contributed by atoms with E-state index in [-0.39, 0.29) is 44.4 Å². The molecule has 0 spiro atoms. The third kappa shape index (κ3) is 5.84. The van der Waals surface area contributed by atoms with Crippen LogP contribution in [0.3, 0.4) is 0 Å². The molecule has 3 aliphatic rings. The minimum absolute atomic E-state index is 0.107. The van der Waals surface area contributed by atoms with Crippen molar-refractivity contribution in [1.29, 1.82) is 0 Å². The van der Waals surface area contributed by atoms with Crippen molar-refractivity contribution in [1.82, 2.24) is 14.7 Å². The number of likely N-dealkylation sites (tertiary alicyclic amines) is 1. The molecule has 2 amide bonds. The molecule has 9 heteroatoms. The molecule has 0 radical (unpaired) electrons. The molecule has 1 saturated carbocycles. The Hall–Kier alpha value is -3.59. The number of carboxylic acid groups (broad SMARTS) is 1. The summed E-state index contributed by atoms with van der Waals surface area (Å²) < 4.78 is 11.5. The highest BCUT2D eigenvalue weighted by atomic mass is 16.6. The molecular formula is C33H43N3O6. The topological polar surface area (TPSA) is 99.6 Å². The van der Waals surface area contributed by atoms with Crippen LogP contribution in [0.4, 0.5) is 9.59 Å². The Morgan fingerprint density at radius 3 is 2.00 bits per heavy atom. The van der Waals surface area contributed by atoms with E-state index in [0.717, 1.165) is 35.1 Å². The first-order chi connectivity index (χ1) is 19.9. The van der Waals surface area contributed by atoms with Gasteiger partial charge in [-0.2, -0.15) is 0 Å². The summed E-state index contributed by atoms with van der Waals surface area (Å²) in [6.45, 7) is 6.19. The first-order valence-corrected chi connectivity index (χ1v) is 14.9. The van der Waals surface area contributed by atoms with E-state index in [1.54, 1.807) is 20.8 Å². The largest absolute Gasteiger partial charge is 0.479 e. The lowest BCUT2D eigenvalue weighted by Gasteiger charge is -2.48. The van der Waals surface area contributed by atoms with E-state index in [2.05, 4.69) is 29.2 Å². The molecule has 0 bridgehead atoms. The number of aliphatic carboxylic acids is 1. The molecule has 2 aromatic rings. The lowest BCUT2D eigenvalue weighted by molar-refractivity contribution is -0.155. The standard InChI is InChI=1S/C33H43N3O6/c1-32(2,3)42-30(39)35-16-14-33(15-17-35,29(37)38)36(20-22-18-23(19-22)34(4)5)31(40)41-21-28-26-12-8-6-10-24(26)25-11-7-9-13-27(25)28/h6-13,22-23,28H,14-21H2,1-5H3,(H,37,38). The number of hydrogen-bond donors (Lipinski definition) is 1. The SMILES string of the molecule is CN(C)C1CC(CN(C(=O)OCC2c3ccccc3-c3ccccc32)C2(C(=O)O)CCN(C(=O)OC(C)(C)C)CC2)C1. The fraction of sp³-hybridized carbons (Fsp3) is 0.545. The number of carboxylic acids is 1. The second kappa shape index (κ2) is 11.6. The summed E-state index contributed by atoms with van der Waals surface area (Å²) in [4.78, 5) is 44.8. The molecule has 0 atom stereocenters. The number of nitrogens with zero attached hydrogens (tertiary/aromatic N) is 3. The highest BCUT2D eigenvalue weighted by molar-refractivity contribution is 5.85. The molecule has 0 unspecified atom stereocenters. The van der Waals surface area contributed by atoms with Gasteiger partial charge in [-0.1, -0.05) is 48.5 Å². The number of ether oxygens (including phenoxy) is 2. The van der Waals surface area contributed by atoms with Crippen LogP contribution in [0.25, 0.3) is 11.1 Å². The van der Waals surface area contributed by atoms with Crippen molar-refractivity contribution in [3.8, 4) is 11.1 Å². The van der Waals surface area contributed by atoms with Gasteiger partial charge >= 0.3 is 18.2 Å². The molecule has 1 heterocycles. The molecule has 42 heavy (non-hydrogen) atoms. The predicted molar refractivity (Wildman–Crippen MR) is 159 cm³/mol. The van der Waals surface area contributed by atoms with Gasteiger partial charge in [-0.3, -0.25) is 4.90 Å². The number of piperidine rings is 1. The van der Waals surface area contributed by atoms with Crippen molar-refractivity contribution >= 4 is 18.2 Å². The van der Waals surface area contributed by atoms with Crippen LogP contribution in [0, 0.1) is 5.92 Å². The zero-order valence-electron chi connectivity index (χ0n) is 25.3. The maximum atomic E-state index is 14.0. The normalized spacial score (nSPS) is 21.2. The summed E-state index contributed by atoms with van der Waals surface area (Å²) in [5, 5.41) is 10.6. The summed E-state index contributed by atoms with van der Waals surface area (Å²) in [6.07, 6.45) is 0.908. The quantitative estimate of drug-likeness (QED) is 0.468. The van der Waals surface area contributed by atoms with Gasteiger partial charge in [0.1, 0.15) is 17.7 Å². The highest BCUT2D eigenvalue weighted by Crippen LogP contribution is 2.45. The molecule has 1 saturated heterocycles. The van der Waals surface area contributed by atoms with Crippen LogP contribution in [-0.2, 0) is 14.3 Å². The third-order valence-electron chi connectivity index (χ3n) is 9.10. The maximum Gasteiger partial charge on any atom is 0.410 e. The zero-order valence-corrected chi connectivity index (χ0v) is 25.3. The second-order valence-corrected chi connectivity index (χ2v) is 13.2. The first kappa shape index (κ1) is 29.9. The lowest BCUT2D eigenvalue weighted by Crippen LogP contribution is -2.64. The average Bonchev–Trinajstić information content (AvgIpc) is 3.23. The number of amides is 2. The van der Waals surface area contributed by atoms with Gasteiger partial charge in [-0.15, -0.1) is 0 Å². The second-order valence-electron chi connectivity index (χ2n) is 13.2. The van der Waals surface area contributed by atoms with Crippen LogP contribution < -0.4 is 0 Å². The van der Waals surface area contributed by atoms with Gasteiger partial charge in [-0.05, 0) is 88.7 Å². The number of carbonyl (C=O) groups excluding carboxylic acids is 2. The molecule has 1 aliphatic heterocycles. The van der Waals surface area contributed by atoms with Crippen molar-refractivity contribution in [2.75, 3.05) is 40.3 Å². The highest BCUT2D eigenvalue weighted by Gasteiger charge is 2.52. The Morgan fingerprint density at radius 2 is 1.50 bits per heavy atom. The molecule has 1 N–H and O–H groups in total. The Kier molecular flexibility index (Phi) is 8.25. The minimum atomic E-state index is -1.47. The van der Waals surface area contributed by atoms with Crippen LogP contribution in [0.5, 0.6) is 0 Å². The van der Waals surface area contributed by atoms with E-state index in [1.807, 2.05) is 38.4 Å². The number of benzene rings is 2. The van der Waals surface area contributed by atoms with E-state index < -0.39 is 29.3 Å². The van der Waals surface area contributed by atoms with Crippen LogP contribution >= 0.6 is 0 Å². The Bertz CT molecular complexity index is 1280. The lowest BCUT2D eigenvalue weighted by atomic mass is 9.77. The van der Waals surface area contributed by atoms with E-state index in [4.69, 9.17) is 9.47 Å². The zero-order chi connectivity index (χ0) is 30.2. The van der Waals surface area contributed by atoms with Gasteiger partial charge in [0.25, 0.3) is 0 Å². The van der Waals surface area contributed by atoms with E-state index >= 15 is 0 Å². The van der Waals surface area contributed by atoms with Gasteiger partial charge < -0.3 is 24.4 Å². The van der Waals surface area contributed by atoms with Gasteiger partial charge in [0.2, 0.25) is 0 Å². The molecule has 9 nitrogen and oxygen atoms in total. The van der Waals surface area contributed by atoms with Crippen LogP contribution in [0.1, 0.15) is 63.5 Å². The average molecular weight is 578 g/mol. The Balaban J connectivity index is 1.36. The monoisotopic (exact) mass is 577 g/mol. The molecule has 2 aliphatic carbocycles. The van der Waals surface area contributed by atoms with Crippen LogP contribution in [0.2, 0.25) is 0 Å². The van der Waals surface area contributed by atoms with Gasteiger partial charge in [0.15, 0.2) is 0 Å². The van der Waals surface area contributed by atoms with Crippen molar-refractivity contribution in [3.05, 3.63) is 59.7 Å². The summed E-state index contributed by atoms with van der Waals surface area (Å²) in [5.74, 6) is -1.01. The summed E-state index contributed by atoms with van der Waals surface area (Å²) >= 11 is 0. The fourth-order valence-corrected chi connectivity index (χ4v) is 6.61. The van der Waals surface area contributed by atoms with Gasteiger partial charge in [0, 0.05) is 31.6 Å². The molecule has 226 valence electrons. The predicted octanol–water partition coefficient (Wildman–Crippen LogP) is 5.43. The number of rotatable bonds is 7. The number of carbonyl (C=O) groups is 3. The van der Waals surface area contributed by atoms with E-state index in [1.165, 1.54) is 9.80 Å². The summed E-state index contributed by atoms with van der Waals surface area (Å²) in [5.41, 5.74) is 2.34. The molecule has 5 rings (SSSR count). The minimum Gasteiger partial charge on any atom is -0.479 e. The molecular weight excluding hydrogens is 534 g/mol. The third-order valence-corrected chi connectivity index (χ3v) is 9.10. The van der Waals surface area contributed by atoms with E-state index in [0.29, 0.717) is 12.6 Å². The van der Waals surface area contributed by atoms with Crippen LogP contribution in [-0.4, -0.2) is 95.5 Å².